The van der Waals surface area contributed by atoms with Gasteiger partial charge >= 0.3 is 0 Å². The lowest BCUT2D eigenvalue weighted by Gasteiger charge is -2.42. The van der Waals surface area contributed by atoms with E-state index in [1.807, 2.05) is 39.5 Å². The third kappa shape index (κ3) is 4.45. The molecule has 17 heavy (non-hydrogen) atoms. The summed E-state index contributed by atoms with van der Waals surface area (Å²) in [7, 11) is 0. The van der Waals surface area contributed by atoms with Crippen LogP contribution in [0.25, 0.3) is 0 Å². The number of hydrogen-bond acceptors (Lipinski definition) is 3. The van der Waals surface area contributed by atoms with Crippen molar-refractivity contribution in [3.05, 3.63) is 0 Å². The molecule has 1 fully saturated rings. The second kappa shape index (κ2) is 6.03. The van der Waals surface area contributed by atoms with E-state index in [4.69, 9.17) is 10.5 Å². The van der Waals surface area contributed by atoms with Crippen molar-refractivity contribution in [1.82, 2.24) is 4.90 Å². The maximum absolute atomic E-state index is 12.1. The lowest BCUT2D eigenvalue weighted by Crippen LogP contribution is -2.58. The van der Waals surface area contributed by atoms with Gasteiger partial charge in [-0.1, -0.05) is 13.8 Å². The summed E-state index contributed by atoms with van der Waals surface area (Å²) >= 11 is 0. The van der Waals surface area contributed by atoms with Crippen molar-refractivity contribution < 1.29 is 9.53 Å². The molecule has 0 aromatic carbocycles. The number of amides is 1. The minimum Gasteiger partial charge on any atom is -0.369 e. The lowest BCUT2D eigenvalue weighted by atomic mass is 10.0. The number of nitrogens with zero attached hydrogens (tertiary/aromatic N) is 1. The minimum absolute atomic E-state index is 0. The Morgan fingerprint density at radius 2 is 2.00 bits per heavy atom. The van der Waals surface area contributed by atoms with Crippen LogP contribution in [0.2, 0.25) is 0 Å². The summed E-state index contributed by atoms with van der Waals surface area (Å²) in [6.45, 7) is 11.2. The lowest BCUT2D eigenvalue weighted by molar-refractivity contribution is -0.159. The minimum atomic E-state index is -0.402. The number of hydrogen-bond donors (Lipinski definition) is 1. The summed E-state index contributed by atoms with van der Waals surface area (Å²) in [5, 5.41) is 0. The predicted molar refractivity (Wildman–Crippen MR) is 71.3 cm³/mol. The summed E-state index contributed by atoms with van der Waals surface area (Å²) in [5.41, 5.74) is 5.62. The Morgan fingerprint density at radius 3 is 2.41 bits per heavy atom. The monoisotopic (exact) mass is 264 g/mol. The van der Waals surface area contributed by atoms with Crippen molar-refractivity contribution >= 4 is 18.3 Å². The van der Waals surface area contributed by atoms with Crippen LogP contribution in [0.15, 0.2) is 0 Å². The molecular formula is C12H25ClN2O2. The van der Waals surface area contributed by atoms with Gasteiger partial charge in [-0.3, -0.25) is 4.79 Å². The first-order valence-electron chi connectivity index (χ1n) is 5.95. The number of morpholine rings is 1. The first-order chi connectivity index (χ1) is 7.23. The molecular weight excluding hydrogens is 240 g/mol. The van der Waals surface area contributed by atoms with Crippen LogP contribution in [-0.2, 0) is 9.53 Å². The Morgan fingerprint density at radius 1 is 1.47 bits per heavy atom. The van der Waals surface area contributed by atoms with Crippen molar-refractivity contribution in [3.8, 4) is 0 Å². The van der Waals surface area contributed by atoms with E-state index in [2.05, 4.69) is 0 Å². The summed E-state index contributed by atoms with van der Waals surface area (Å²) in [6.07, 6.45) is 0.0760. The summed E-state index contributed by atoms with van der Waals surface area (Å²) in [4.78, 5) is 14.0. The molecule has 0 aliphatic carbocycles. The maximum Gasteiger partial charge on any atom is 0.239 e. The Balaban J connectivity index is 0.00000256. The zero-order valence-electron chi connectivity index (χ0n) is 11.4. The van der Waals surface area contributed by atoms with Crippen LogP contribution < -0.4 is 5.73 Å². The third-order valence-corrected chi connectivity index (χ3v) is 2.88. The quantitative estimate of drug-likeness (QED) is 0.821. The Kier molecular flexibility index (Phi) is 5.91. The highest BCUT2D eigenvalue weighted by molar-refractivity contribution is 5.85. The van der Waals surface area contributed by atoms with Gasteiger partial charge in [0.15, 0.2) is 0 Å². The molecule has 2 unspecified atom stereocenters. The van der Waals surface area contributed by atoms with Crippen molar-refractivity contribution in [2.75, 3.05) is 13.1 Å². The molecule has 0 bridgehead atoms. The average Bonchev–Trinajstić information content (AvgIpc) is 2.12. The van der Waals surface area contributed by atoms with Gasteiger partial charge in [0, 0.05) is 13.1 Å². The summed E-state index contributed by atoms with van der Waals surface area (Å²) in [6, 6.07) is -0.402. The van der Waals surface area contributed by atoms with Crippen LogP contribution in [0.5, 0.6) is 0 Å². The highest BCUT2D eigenvalue weighted by Crippen LogP contribution is 2.21. The first kappa shape index (κ1) is 16.7. The van der Waals surface area contributed by atoms with Gasteiger partial charge in [-0.25, -0.2) is 0 Å². The molecule has 1 heterocycles. The SMILES string of the molecule is CC1CN(C(=O)C(N)C(C)C)CC(C)(C)O1.Cl. The highest BCUT2D eigenvalue weighted by atomic mass is 35.5. The van der Waals surface area contributed by atoms with E-state index < -0.39 is 6.04 Å². The molecule has 0 radical (unpaired) electrons. The standard InChI is InChI=1S/C12H24N2O2.ClH/c1-8(2)10(13)11(15)14-6-9(3)16-12(4,5)7-14;/h8-10H,6-7,13H2,1-5H3;1H. The molecule has 2 N–H and O–H groups in total. The van der Waals surface area contributed by atoms with Crippen molar-refractivity contribution in [2.45, 2.75) is 52.4 Å². The molecule has 4 nitrogen and oxygen atoms in total. The molecule has 102 valence electrons. The van der Waals surface area contributed by atoms with Gasteiger partial charge < -0.3 is 15.4 Å². The number of rotatable bonds is 2. The number of nitrogens with two attached hydrogens (primary N) is 1. The predicted octanol–water partition coefficient (Wildman–Crippen LogP) is 1.42. The molecule has 1 rings (SSSR count). The molecule has 0 spiro atoms. The van der Waals surface area contributed by atoms with E-state index in [-0.39, 0.29) is 35.9 Å². The van der Waals surface area contributed by atoms with E-state index in [1.165, 1.54) is 0 Å². The van der Waals surface area contributed by atoms with Crippen LogP contribution >= 0.6 is 12.4 Å². The topological polar surface area (TPSA) is 55.6 Å². The average molecular weight is 265 g/mol. The van der Waals surface area contributed by atoms with Gasteiger partial charge in [0.1, 0.15) is 0 Å². The normalized spacial score (nSPS) is 25.4. The Labute approximate surface area is 110 Å². The van der Waals surface area contributed by atoms with Gasteiger partial charge in [0.25, 0.3) is 0 Å². The van der Waals surface area contributed by atoms with Crippen LogP contribution in [0.4, 0.5) is 0 Å². The Bertz CT molecular complexity index is 269. The van der Waals surface area contributed by atoms with Gasteiger partial charge in [0.2, 0.25) is 5.91 Å². The van der Waals surface area contributed by atoms with E-state index in [0.717, 1.165) is 0 Å². The molecule has 0 saturated carbocycles. The van der Waals surface area contributed by atoms with Crippen molar-refractivity contribution in [2.24, 2.45) is 11.7 Å². The second-order valence-electron chi connectivity index (χ2n) is 5.68. The molecule has 0 aromatic heterocycles. The van der Waals surface area contributed by atoms with Gasteiger partial charge in [-0.05, 0) is 26.7 Å². The number of carbonyl (C=O) groups excluding carboxylic acids is 1. The van der Waals surface area contributed by atoms with Crippen LogP contribution in [0, 0.1) is 5.92 Å². The van der Waals surface area contributed by atoms with Gasteiger partial charge in [-0.15, -0.1) is 12.4 Å². The summed E-state index contributed by atoms with van der Waals surface area (Å²) in [5.74, 6) is 0.215. The molecule has 0 aromatic rings. The fourth-order valence-corrected chi connectivity index (χ4v) is 2.12. The van der Waals surface area contributed by atoms with Gasteiger partial charge in [0.05, 0.1) is 17.7 Å². The fourth-order valence-electron chi connectivity index (χ4n) is 2.12. The molecule has 1 aliphatic heterocycles. The Hall–Kier alpha value is -0.320. The van der Waals surface area contributed by atoms with E-state index in [0.29, 0.717) is 13.1 Å². The number of carbonyl (C=O) groups is 1. The zero-order valence-corrected chi connectivity index (χ0v) is 12.2. The van der Waals surface area contributed by atoms with Gasteiger partial charge in [-0.2, -0.15) is 0 Å². The van der Waals surface area contributed by atoms with E-state index in [9.17, 15) is 4.79 Å². The number of halogens is 1. The molecule has 2 atom stereocenters. The molecule has 1 saturated heterocycles. The third-order valence-electron chi connectivity index (χ3n) is 2.88. The maximum atomic E-state index is 12.1. The van der Waals surface area contributed by atoms with Crippen molar-refractivity contribution in [3.63, 3.8) is 0 Å². The fraction of sp³-hybridized carbons (Fsp3) is 0.917. The smallest absolute Gasteiger partial charge is 0.239 e. The summed E-state index contributed by atoms with van der Waals surface area (Å²) < 4.78 is 5.76. The van der Waals surface area contributed by atoms with Crippen LogP contribution in [0.3, 0.4) is 0 Å². The highest BCUT2D eigenvalue weighted by Gasteiger charge is 2.35. The zero-order chi connectivity index (χ0) is 12.5. The van der Waals surface area contributed by atoms with Crippen molar-refractivity contribution in [1.29, 1.82) is 0 Å². The largest absolute Gasteiger partial charge is 0.369 e. The van der Waals surface area contributed by atoms with E-state index in [1.54, 1.807) is 0 Å². The van der Waals surface area contributed by atoms with E-state index >= 15 is 0 Å². The molecule has 5 heteroatoms. The van der Waals surface area contributed by atoms with Crippen LogP contribution in [0.1, 0.15) is 34.6 Å². The second-order valence-corrected chi connectivity index (χ2v) is 5.68. The number of ether oxygens (including phenoxy) is 1. The van der Waals surface area contributed by atoms with Crippen LogP contribution in [-0.4, -0.2) is 41.6 Å². The molecule has 1 aliphatic rings. The first-order valence-corrected chi connectivity index (χ1v) is 5.95. The molecule has 1 amide bonds.